The van der Waals surface area contributed by atoms with Crippen molar-refractivity contribution in [2.24, 2.45) is 0 Å². The number of benzene rings is 1. The molecule has 1 heterocycles. The van der Waals surface area contributed by atoms with Crippen LogP contribution in [-0.2, 0) is 4.79 Å². The molecule has 0 aliphatic carbocycles. The Balaban J connectivity index is 2.28. The Hall–Kier alpha value is -2.49. The topological polar surface area (TPSA) is 33.2 Å². The number of likely N-dealkylation sites (N-methyl/N-ethyl adjacent to an activating group) is 1. The maximum atomic E-state index is 13.7. The summed E-state index contributed by atoms with van der Waals surface area (Å²) in [6.07, 6.45) is 3.20. The highest BCUT2D eigenvalue weighted by Gasteiger charge is 2.07. The molecule has 0 fully saturated rings. The van der Waals surface area contributed by atoms with Crippen LogP contribution in [0, 0.1) is 5.82 Å². The predicted octanol–water partition coefficient (Wildman–Crippen LogP) is 3.38. The lowest BCUT2D eigenvalue weighted by molar-refractivity contribution is -0.123. The van der Waals surface area contributed by atoms with Crippen LogP contribution in [0.15, 0.2) is 48.7 Å². The van der Waals surface area contributed by atoms with E-state index < -0.39 is 0 Å². The molecule has 0 aliphatic heterocycles. The number of hydrogen-bond acceptors (Lipinski definition) is 2. The van der Waals surface area contributed by atoms with E-state index in [-0.39, 0.29) is 11.7 Å². The summed E-state index contributed by atoms with van der Waals surface area (Å²) in [5.74, 6) is -0.376. The number of allylic oxidation sites excluding steroid dienone is 1. The van der Waals surface area contributed by atoms with Gasteiger partial charge in [-0.1, -0.05) is 18.2 Å². The van der Waals surface area contributed by atoms with E-state index in [1.54, 1.807) is 50.6 Å². The van der Waals surface area contributed by atoms with E-state index in [4.69, 9.17) is 0 Å². The second-order valence-corrected chi connectivity index (χ2v) is 4.97. The van der Waals surface area contributed by atoms with Crippen LogP contribution in [-0.4, -0.2) is 29.9 Å². The lowest BCUT2D eigenvalue weighted by Gasteiger charge is -2.08. The largest absolute Gasteiger partial charge is 0.345 e. The highest BCUT2D eigenvalue weighted by atomic mass is 19.1. The van der Waals surface area contributed by atoms with Crippen molar-refractivity contribution in [2.75, 3.05) is 14.1 Å². The van der Waals surface area contributed by atoms with E-state index in [2.05, 4.69) is 4.98 Å². The smallest absolute Gasteiger partial charge is 0.246 e. The van der Waals surface area contributed by atoms with Crippen molar-refractivity contribution >= 4 is 11.5 Å². The van der Waals surface area contributed by atoms with E-state index in [9.17, 15) is 9.18 Å². The average Bonchev–Trinajstić information content (AvgIpc) is 2.47. The number of nitrogens with zero attached hydrogens (tertiary/aromatic N) is 2. The van der Waals surface area contributed by atoms with Gasteiger partial charge in [0.25, 0.3) is 0 Å². The van der Waals surface area contributed by atoms with Crippen LogP contribution in [0.4, 0.5) is 4.39 Å². The molecule has 1 amide bonds. The van der Waals surface area contributed by atoms with Gasteiger partial charge in [0.2, 0.25) is 5.91 Å². The Kier molecular flexibility index (Phi) is 4.48. The van der Waals surface area contributed by atoms with Crippen molar-refractivity contribution in [1.29, 1.82) is 0 Å². The van der Waals surface area contributed by atoms with Crippen molar-refractivity contribution in [3.8, 4) is 11.3 Å². The van der Waals surface area contributed by atoms with Crippen LogP contribution in [0.1, 0.15) is 12.5 Å². The van der Waals surface area contributed by atoms with Crippen LogP contribution < -0.4 is 0 Å². The molecule has 0 saturated carbocycles. The number of pyridine rings is 1. The predicted molar refractivity (Wildman–Crippen MR) is 82.0 cm³/mol. The molecule has 4 heteroatoms. The molecule has 2 rings (SSSR count). The molecule has 0 N–H and O–H groups in total. The molecule has 108 valence electrons. The minimum Gasteiger partial charge on any atom is -0.345 e. The zero-order valence-corrected chi connectivity index (χ0v) is 12.3. The average molecular weight is 284 g/mol. The molecule has 0 spiro atoms. The fourth-order valence-corrected chi connectivity index (χ4v) is 1.85. The number of rotatable bonds is 3. The molecule has 1 aromatic carbocycles. The Morgan fingerprint density at radius 3 is 2.48 bits per heavy atom. The fraction of sp³-hybridized carbons (Fsp3) is 0.176. The molecule has 0 aliphatic rings. The third-order valence-corrected chi connectivity index (χ3v) is 3.15. The van der Waals surface area contributed by atoms with E-state index >= 15 is 0 Å². The Morgan fingerprint density at radius 1 is 1.19 bits per heavy atom. The van der Waals surface area contributed by atoms with Gasteiger partial charge in [-0.3, -0.25) is 9.78 Å². The number of carbonyl (C=O) groups excluding carboxylic acids is 1. The third kappa shape index (κ3) is 3.54. The standard InChI is InChI=1S/C17H17FN2O/c1-12(10-17(21)20(2)3)13-8-9-16(19-11-13)14-6-4-5-7-15(14)18/h4-11H,1-3H3/b12-10+. The van der Waals surface area contributed by atoms with Gasteiger partial charge in [-0.15, -0.1) is 0 Å². The number of aromatic nitrogens is 1. The summed E-state index contributed by atoms with van der Waals surface area (Å²) in [5, 5.41) is 0. The van der Waals surface area contributed by atoms with Crippen LogP contribution in [0.2, 0.25) is 0 Å². The zero-order chi connectivity index (χ0) is 15.4. The summed E-state index contributed by atoms with van der Waals surface area (Å²) in [6, 6.07) is 10.1. The highest BCUT2D eigenvalue weighted by molar-refractivity contribution is 5.94. The second kappa shape index (κ2) is 6.31. The Labute approximate surface area is 123 Å². The van der Waals surface area contributed by atoms with E-state index in [0.717, 1.165) is 11.1 Å². The maximum Gasteiger partial charge on any atom is 0.246 e. The van der Waals surface area contributed by atoms with Crippen molar-refractivity contribution in [2.45, 2.75) is 6.92 Å². The van der Waals surface area contributed by atoms with Crippen LogP contribution in [0.3, 0.4) is 0 Å². The molecular weight excluding hydrogens is 267 g/mol. The van der Waals surface area contributed by atoms with Gasteiger partial charge in [-0.25, -0.2) is 4.39 Å². The third-order valence-electron chi connectivity index (χ3n) is 3.15. The normalized spacial score (nSPS) is 11.3. The lowest BCUT2D eigenvalue weighted by atomic mass is 10.1. The van der Waals surface area contributed by atoms with Gasteiger partial charge in [0.1, 0.15) is 5.82 Å². The molecule has 0 saturated heterocycles. The lowest BCUT2D eigenvalue weighted by Crippen LogP contribution is -2.19. The molecule has 0 bridgehead atoms. The zero-order valence-electron chi connectivity index (χ0n) is 12.3. The summed E-state index contributed by atoms with van der Waals surface area (Å²) in [5.41, 5.74) is 2.70. The Bertz CT molecular complexity index is 675. The summed E-state index contributed by atoms with van der Waals surface area (Å²) in [7, 11) is 3.40. The first kappa shape index (κ1) is 14.9. The van der Waals surface area contributed by atoms with E-state index in [0.29, 0.717) is 11.3 Å². The number of amides is 1. The van der Waals surface area contributed by atoms with Gasteiger partial charge in [-0.2, -0.15) is 0 Å². The summed E-state index contributed by atoms with van der Waals surface area (Å²) in [6.45, 7) is 1.85. The minimum absolute atomic E-state index is 0.0781. The molecule has 3 nitrogen and oxygen atoms in total. The summed E-state index contributed by atoms with van der Waals surface area (Å²) >= 11 is 0. The van der Waals surface area contributed by atoms with Gasteiger partial charge in [0.15, 0.2) is 0 Å². The van der Waals surface area contributed by atoms with Gasteiger partial charge >= 0.3 is 0 Å². The molecule has 2 aromatic rings. The van der Waals surface area contributed by atoms with Gasteiger partial charge in [0.05, 0.1) is 5.69 Å². The van der Waals surface area contributed by atoms with Crippen molar-refractivity contribution in [3.05, 3.63) is 60.1 Å². The first-order valence-electron chi connectivity index (χ1n) is 6.60. The quantitative estimate of drug-likeness (QED) is 0.810. The molecule has 0 atom stereocenters. The number of hydrogen-bond donors (Lipinski definition) is 0. The Morgan fingerprint density at radius 2 is 1.90 bits per heavy atom. The van der Waals surface area contributed by atoms with Crippen LogP contribution in [0.5, 0.6) is 0 Å². The van der Waals surface area contributed by atoms with Gasteiger partial charge in [0, 0.05) is 31.9 Å². The fourth-order valence-electron chi connectivity index (χ4n) is 1.85. The minimum atomic E-state index is -0.298. The van der Waals surface area contributed by atoms with Crippen molar-refractivity contribution in [1.82, 2.24) is 9.88 Å². The first-order valence-corrected chi connectivity index (χ1v) is 6.60. The first-order chi connectivity index (χ1) is 9.99. The van der Waals surface area contributed by atoms with Gasteiger partial charge < -0.3 is 4.90 Å². The maximum absolute atomic E-state index is 13.7. The SMILES string of the molecule is C/C(=C\C(=O)N(C)C)c1ccc(-c2ccccc2F)nc1. The molecule has 0 unspecified atom stereocenters. The van der Waals surface area contributed by atoms with Gasteiger partial charge in [-0.05, 0) is 36.3 Å². The molecule has 1 aromatic heterocycles. The highest BCUT2D eigenvalue weighted by Crippen LogP contribution is 2.22. The number of carbonyl (C=O) groups is 1. The number of halogens is 1. The van der Waals surface area contributed by atoms with E-state index in [1.165, 1.54) is 11.0 Å². The van der Waals surface area contributed by atoms with Crippen molar-refractivity contribution < 1.29 is 9.18 Å². The second-order valence-electron chi connectivity index (χ2n) is 4.97. The molecule has 21 heavy (non-hydrogen) atoms. The summed E-state index contributed by atoms with van der Waals surface area (Å²) < 4.78 is 13.7. The molecular formula is C17H17FN2O. The van der Waals surface area contributed by atoms with Crippen LogP contribution in [0.25, 0.3) is 16.8 Å². The van der Waals surface area contributed by atoms with Crippen molar-refractivity contribution in [3.63, 3.8) is 0 Å². The van der Waals surface area contributed by atoms with E-state index in [1.807, 2.05) is 13.0 Å². The summed E-state index contributed by atoms with van der Waals surface area (Å²) in [4.78, 5) is 17.4. The van der Waals surface area contributed by atoms with Crippen LogP contribution >= 0.6 is 0 Å². The molecule has 0 radical (unpaired) electrons. The monoisotopic (exact) mass is 284 g/mol.